The van der Waals surface area contributed by atoms with E-state index in [1.165, 1.54) is 4.90 Å². The first-order chi connectivity index (χ1) is 18.0. The van der Waals surface area contributed by atoms with Crippen LogP contribution in [-0.2, 0) is 20.7 Å². The van der Waals surface area contributed by atoms with E-state index in [-0.39, 0.29) is 38.3 Å². The Morgan fingerprint density at radius 1 is 1.03 bits per heavy atom. The fourth-order valence-electron chi connectivity index (χ4n) is 3.87. The van der Waals surface area contributed by atoms with E-state index >= 15 is 0 Å². The predicted molar refractivity (Wildman–Crippen MR) is 136 cm³/mol. The third-order valence-electron chi connectivity index (χ3n) is 5.71. The molecule has 1 atom stereocenters. The van der Waals surface area contributed by atoms with Crippen molar-refractivity contribution in [3.8, 4) is 5.75 Å². The number of amides is 2. The van der Waals surface area contributed by atoms with E-state index in [4.69, 9.17) is 9.47 Å². The van der Waals surface area contributed by atoms with Crippen LogP contribution >= 0.6 is 0 Å². The number of nitrogens with zero attached hydrogens (tertiary/aromatic N) is 2. The molecule has 0 saturated heterocycles. The highest BCUT2D eigenvalue weighted by Gasteiger charge is 2.26. The van der Waals surface area contributed by atoms with Gasteiger partial charge in [0.15, 0.2) is 0 Å². The molecule has 0 fully saturated rings. The highest BCUT2D eigenvalue weighted by Crippen LogP contribution is 2.28. The second-order valence-electron chi connectivity index (χ2n) is 8.36. The number of aromatic nitrogens is 1. The first kappa shape index (κ1) is 25.6. The number of ether oxygens (including phenoxy) is 2. The molecule has 3 N–H and O–H groups in total. The van der Waals surface area contributed by atoms with Crippen LogP contribution in [0.1, 0.15) is 15.9 Å². The lowest BCUT2D eigenvalue weighted by atomic mass is 10.1. The maximum Gasteiger partial charge on any atom is 0.326 e. The van der Waals surface area contributed by atoms with Gasteiger partial charge in [-0.1, -0.05) is 42.5 Å². The monoisotopic (exact) mass is 504 g/mol. The number of aliphatic carboxylic acids is 1. The van der Waals surface area contributed by atoms with Crippen molar-refractivity contribution in [3.05, 3.63) is 84.1 Å². The number of carbonyl (C=O) groups is 3. The van der Waals surface area contributed by atoms with Crippen LogP contribution in [-0.4, -0.2) is 71.7 Å². The Labute approximate surface area is 214 Å². The van der Waals surface area contributed by atoms with Gasteiger partial charge >= 0.3 is 5.97 Å². The number of fused-ring (bicyclic) bond motifs is 2. The van der Waals surface area contributed by atoms with E-state index in [0.717, 1.165) is 5.56 Å². The van der Waals surface area contributed by atoms with E-state index in [1.54, 1.807) is 48.7 Å². The van der Waals surface area contributed by atoms with Crippen LogP contribution in [0.15, 0.2) is 72.9 Å². The van der Waals surface area contributed by atoms with E-state index in [2.05, 4.69) is 15.6 Å². The summed E-state index contributed by atoms with van der Waals surface area (Å²) in [5.41, 5.74) is 1.66. The van der Waals surface area contributed by atoms with E-state index < -0.39 is 23.8 Å². The molecular formula is C27H28N4O6. The number of hydrogen-bond acceptors (Lipinski definition) is 7. The van der Waals surface area contributed by atoms with Crippen LogP contribution in [0.3, 0.4) is 0 Å². The van der Waals surface area contributed by atoms with Gasteiger partial charge in [0.1, 0.15) is 24.2 Å². The average molecular weight is 505 g/mol. The fraction of sp³-hybridized carbons (Fsp3) is 0.259. The smallest absolute Gasteiger partial charge is 0.326 e. The van der Waals surface area contributed by atoms with Crippen molar-refractivity contribution in [2.24, 2.45) is 0 Å². The maximum atomic E-state index is 13.6. The average Bonchev–Trinajstić information content (AvgIpc) is 2.91. The number of hydrogen-bond donors (Lipinski definition) is 3. The lowest BCUT2D eigenvalue weighted by Gasteiger charge is -2.24. The number of carbonyl (C=O) groups excluding carboxylic acids is 2. The van der Waals surface area contributed by atoms with Gasteiger partial charge in [-0.2, -0.15) is 0 Å². The first-order valence-corrected chi connectivity index (χ1v) is 11.9. The van der Waals surface area contributed by atoms with Crippen LogP contribution in [0, 0.1) is 0 Å². The molecule has 1 unspecified atom stereocenters. The zero-order chi connectivity index (χ0) is 26.0. The Kier molecular flexibility index (Phi) is 8.66. The zero-order valence-corrected chi connectivity index (χ0v) is 20.1. The number of carboxylic acids is 1. The van der Waals surface area contributed by atoms with E-state index in [1.807, 2.05) is 24.3 Å². The first-order valence-electron chi connectivity index (χ1n) is 11.9. The third-order valence-corrected chi connectivity index (χ3v) is 5.71. The number of rotatable bonds is 6. The number of anilines is 2. The van der Waals surface area contributed by atoms with E-state index in [0.29, 0.717) is 23.9 Å². The zero-order valence-electron chi connectivity index (χ0n) is 20.1. The summed E-state index contributed by atoms with van der Waals surface area (Å²) in [4.78, 5) is 43.9. The Bertz CT molecular complexity index is 1240. The van der Waals surface area contributed by atoms with Gasteiger partial charge in [0, 0.05) is 19.2 Å². The van der Waals surface area contributed by atoms with E-state index in [9.17, 15) is 19.5 Å². The molecule has 1 aromatic heterocycles. The summed E-state index contributed by atoms with van der Waals surface area (Å²) >= 11 is 0. The number of benzene rings is 2. The summed E-state index contributed by atoms with van der Waals surface area (Å²) < 4.78 is 11.4. The quantitative estimate of drug-likeness (QED) is 0.467. The van der Waals surface area contributed by atoms with Crippen molar-refractivity contribution in [1.29, 1.82) is 0 Å². The molecule has 3 aromatic rings. The van der Waals surface area contributed by atoms with Crippen molar-refractivity contribution < 1.29 is 29.0 Å². The molecule has 1 aliphatic heterocycles. The summed E-state index contributed by atoms with van der Waals surface area (Å²) in [7, 11) is 0. The molecule has 10 nitrogen and oxygen atoms in total. The van der Waals surface area contributed by atoms with Gasteiger partial charge < -0.3 is 30.1 Å². The number of pyridine rings is 1. The molecule has 0 spiro atoms. The van der Waals surface area contributed by atoms with Gasteiger partial charge in [0.2, 0.25) is 5.91 Å². The Morgan fingerprint density at radius 3 is 2.62 bits per heavy atom. The molecule has 0 radical (unpaired) electrons. The van der Waals surface area contributed by atoms with Crippen molar-refractivity contribution in [1.82, 2.24) is 15.2 Å². The number of para-hydroxylation sites is 2. The molecule has 1 aliphatic rings. The Morgan fingerprint density at radius 2 is 1.81 bits per heavy atom. The van der Waals surface area contributed by atoms with Crippen LogP contribution in [0.4, 0.5) is 11.5 Å². The summed E-state index contributed by atoms with van der Waals surface area (Å²) in [5.74, 6) is -1.30. The molecule has 0 bridgehead atoms. The van der Waals surface area contributed by atoms with Gasteiger partial charge in [-0.05, 0) is 29.8 Å². The van der Waals surface area contributed by atoms with Crippen LogP contribution < -0.4 is 15.4 Å². The topological polar surface area (TPSA) is 130 Å². The standard InChI is InChI=1S/C27H28N4O6/c32-24(29-22(27(34)35)17-19-7-2-1-3-8-19)18-31-13-14-36-15-16-37-23-11-5-4-10-21(23)30-25-20(26(31)33)9-6-12-28-25/h1-12,22H,13-18H2,(H,28,30)(H,29,32)(H,34,35). The highest BCUT2D eigenvalue weighted by atomic mass is 16.5. The Balaban J connectivity index is 1.53. The van der Waals surface area contributed by atoms with Gasteiger partial charge in [-0.15, -0.1) is 0 Å². The van der Waals surface area contributed by atoms with Gasteiger partial charge in [-0.25, -0.2) is 9.78 Å². The molecule has 2 amide bonds. The highest BCUT2D eigenvalue weighted by molar-refractivity contribution is 6.01. The summed E-state index contributed by atoms with van der Waals surface area (Å²) in [5, 5.41) is 15.3. The minimum absolute atomic E-state index is 0.115. The molecule has 10 heteroatoms. The van der Waals surface area contributed by atoms with Gasteiger partial charge in [0.05, 0.1) is 31.0 Å². The van der Waals surface area contributed by atoms with Crippen molar-refractivity contribution in [2.75, 3.05) is 38.2 Å². The second kappa shape index (κ2) is 12.5. The van der Waals surface area contributed by atoms with Gasteiger partial charge in [-0.3, -0.25) is 9.59 Å². The van der Waals surface area contributed by atoms with Crippen LogP contribution in [0.5, 0.6) is 5.75 Å². The maximum absolute atomic E-state index is 13.6. The molecule has 2 aromatic carbocycles. The largest absolute Gasteiger partial charge is 0.489 e. The lowest BCUT2D eigenvalue weighted by Crippen LogP contribution is -2.48. The summed E-state index contributed by atoms with van der Waals surface area (Å²) in [6.45, 7) is 0.513. The van der Waals surface area contributed by atoms with Crippen LogP contribution in [0.25, 0.3) is 0 Å². The minimum atomic E-state index is -1.16. The molecule has 37 heavy (non-hydrogen) atoms. The second-order valence-corrected chi connectivity index (χ2v) is 8.36. The van der Waals surface area contributed by atoms with Gasteiger partial charge in [0.25, 0.3) is 5.91 Å². The summed E-state index contributed by atoms with van der Waals surface area (Å²) in [6, 6.07) is 18.4. The number of nitrogens with one attached hydrogen (secondary N) is 2. The Hall–Kier alpha value is -4.44. The SMILES string of the molecule is O=C(CN1CCOCCOc2ccccc2Nc2ncccc2C1=O)NC(Cc1ccccc1)C(=O)O. The van der Waals surface area contributed by atoms with Crippen LogP contribution in [0.2, 0.25) is 0 Å². The molecular weight excluding hydrogens is 476 g/mol. The normalized spacial score (nSPS) is 14.8. The van der Waals surface area contributed by atoms with Crippen molar-refractivity contribution >= 4 is 29.3 Å². The lowest BCUT2D eigenvalue weighted by molar-refractivity contribution is -0.141. The molecule has 4 rings (SSSR count). The third kappa shape index (κ3) is 7.05. The fourth-order valence-corrected chi connectivity index (χ4v) is 3.87. The minimum Gasteiger partial charge on any atom is -0.489 e. The molecule has 192 valence electrons. The van der Waals surface area contributed by atoms with Crippen molar-refractivity contribution in [2.45, 2.75) is 12.5 Å². The molecule has 0 saturated carbocycles. The number of carboxylic acid groups (broad SMARTS) is 1. The molecule has 2 heterocycles. The predicted octanol–water partition coefficient (Wildman–Crippen LogP) is 2.49. The molecule has 0 aliphatic carbocycles. The van der Waals surface area contributed by atoms with Crippen molar-refractivity contribution in [3.63, 3.8) is 0 Å². The summed E-state index contributed by atoms with van der Waals surface area (Å²) in [6.07, 6.45) is 1.68.